The topological polar surface area (TPSA) is 84.3 Å². The van der Waals surface area contributed by atoms with E-state index in [1.54, 1.807) is 0 Å². The van der Waals surface area contributed by atoms with Gasteiger partial charge in [0, 0.05) is 12.2 Å². The van der Waals surface area contributed by atoms with E-state index >= 15 is 0 Å². The number of nitrogens with one attached hydrogen (secondary N) is 1. The summed E-state index contributed by atoms with van der Waals surface area (Å²) in [6.45, 7) is 3.25. The average Bonchev–Trinajstić information content (AvgIpc) is 2.66. The van der Waals surface area contributed by atoms with E-state index in [0.29, 0.717) is 4.90 Å². The molecular formula is C18H15F3N4O3S. The van der Waals surface area contributed by atoms with Crippen molar-refractivity contribution < 1.29 is 22.8 Å². The van der Waals surface area contributed by atoms with Gasteiger partial charge in [0.25, 0.3) is 5.56 Å². The molecule has 2 amide bonds. The highest BCUT2D eigenvalue weighted by Crippen LogP contribution is 2.32. The van der Waals surface area contributed by atoms with E-state index < -0.39 is 29.8 Å². The number of carbonyl (C=O) groups is 2. The van der Waals surface area contributed by atoms with Gasteiger partial charge in [-0.1, -0.05) is 6.08 Å². The molecule has 0 bridgehead atoms. The van der Waals surface area contributed by atoms with Crippen molar-refractivity contribution in [3.63, 3.8) is 0 Å². The number of nitrogens with zero attached hydrogens (tertiary/aromatic N) is 3. The zero-order valence-corrected chi connectivity index (χ0v) is 15.7. The quantitative estimate of drug-likeness (QED) is 0.746. The first-order chi connectivity index (χ1) is 13.7. The van der Waals surface area contributed by atoms with Gasteiger partial charge in [-0.3, -0.25) is 14.4 Å². The Bertz CT molecular complexity index is 1020. The fourth-order valence-electron chi connectivity index (χ4n) is 2.67. The SMILES string of the molecule is C=CCN1C(=O)CSc2cnn(CC(=O)Nc3ccc(C(F)(F)F)cc3)c(=O)c21. The summed E-state index contributed by atoms with van der Waals surface area (Å²) in [4.78, 5) is 38.9. The lowest BCUT2D eigenvalue weighted by molar-refractivity contribution is -0.137. The molecule has 1 aromatic heterocycles. The summed E-state index contributed by atoms with van der Waals surface area (Å²) < 4.78 is 38.7. The molecule has 1 aliphatic rings. The van der Waals surface area contributed by atoms with Crippen LogP contribution >= 0.6 is 11.8 Å². The van der Waals surface area contributed by atoms with Crippen LogP contribution in [0, 0.1) is 0 Å². The molecule has 7 nitrogen and oxygen atoms in total. The van der Waals surface area contributed by atoms with E-state index in [2.05, 4.69) is 17.0 Å². The molecule has 0 aliphatic carbocycles. The second kappa shape index (κ2) is 8.11. The summed E-state index contributed by atoms with van der Waals surface area (Å²) in [5.41, 5.74) is -1.18. The largest absolute Gasteiger partial charge is 0.416 e. The number of benzene rings is 1. The number of thioether (sulfide) groups is 1. The summed E-state index contributed by atoms with van der Waals surface area (Å²) >= 11 is 1.18. The van der Waals surface area contributed by atoms with Crippen LogP contribution in [-0.2, 0) is 22.3 Å². The van der Waals surface area contributed by atoms with Crippen molar-refractivity contribution >= 4 is 35.0 Å². The molecule has 0 saturated carbocycles. The number of hydrogen-bond acceptors (Lipinski definition) is 5. The number of rotatable bonds is 5. The van der Waals surface area contributed by atoms with Crippen molar-refractivity contribution in [2.24, 2.45) is 0 Å². The lowest BCUT2D eigenvalue weighted by Crippen LogP contribution is -2.42. The molecule has 2 heterocycles. The predicted molar refractivity (Wildman–Crippen MR) is 102 cm³/mol. The van der Waals surface area contributed by atoms with E-state index in [0.717, 1.165) is 28.9 Å². The Hall–Kier alpha value is -3.08. The van der Waals surface area contributed by atoms with Gasteiger partial charge >= 0.3 is 6.18 Å². The first kappa shape index (κ1) is 20.6. The van der Waals surface area contributed by atoms with Gasteiger partial charge in [0.2, 0.25) is 11.8 Å². The lowest BCUT2D eigenvalue weighted by Gasteiger charge is -2.27. The first-order valence-corrected chi connectivity index (χ1v) is 9.30. The van der Waals surface area contributed by atoms with Gasteiger partial charge in [-0.2, -0.15) is 18.3 Å². The Kier molecular flexibility index (Phi) is 5.78. The van der Waals surface area contributed by atoms with Gasteiger partial charge in [-0.05, 0) is 24.3 Å². The fourth-order valence-corrected chi connectivity index (χ4v) is 3.56. The normalized spacial score (nSPS) is 13.8. The van der Waals surface area contributed by atoms with Crippen molar-refractivity contribution in [3.05, 3.63) is 59.0 Å². The van der Waals surface area contributed by atoms with Crippen molar-refractivity contribution in [1.29, 1.82) is 0 Å². The molecule has 29 heavy (non-hydrogen) atoms. The minimum atomic E-state index is -4.48. The standard InChI is InChI=1S/C18H15F3N4O3S/c1-2-7-24-15(27)10-29-13-8-22-25(17(28)16(13)24)9-14(26)23-12-5-3-11(4-6-12)18(19,20)21/h2-6,8H,1,7,9-10H2,(H,23,26). The minimum Gasteiger partial charge on any atom is -0.324 e. The molecule has 1 N–H and O–H groups in total. The molecule has 11 heteroatoms. The average molecular weight is 424 g/mol. The highest BCUT2D eigenvalue weighted by Gasteiger charge is 2.30. The van der Waals surface area contributed by atoms with E-state index in [-0.39, 0.29) is 29.6 Å². The molecule has 0 atom stereocenters. The lowest BCUT2D eigenvalue weighted by atomic mass is 10.2. The number of anilines is 2. The summed E-state index contributed by atoms with van der Waals surface area (Å²) in [6.07, 6.45) is -1.59. The molecule has 0 unspecified atom stereocenters. The third-order valence-corrected chi connectivity index (χ3v) is 5.01. The highest BCUT2D eigenvalue weighted by atomic mass is 32.2. The van der Waals surface area contributed by atoms with Gasteiger partial charge in [0.1, 0.15) is 12.2 Å². The Balaban J connectivity index is 1.78. The van der Waals surface area contributed by atoms with Crippen LogP contribution in [0.2, 0.25) is 0 Å². The maximum atomic E-state index is 12.7. The Morgan fingerprint density at radius 3 is 2.59 bits per heavy atom. The number of aromatic nitrogens is 2. The van der Waals surface area contributed by atoms with E-state index in [9.17, 15) is 27.6 Å². The Morgan fingerprint density at radius 2 is 1.97 bits per heavy atom. The molecule has 0 spiro atoms. The third kappa shape index (κ3) is 4.50. The first-order valence-electron chi connectivity index (χ1n) is 8.32. The highest BCUT2D eigenvalue weighted by molar-refractivity contribution is 8.00. The van der Waals surface area contributed by atoms with Crippen LogP contribution in [0.5, 0.6) is 0 Å². The number of halogens is 3. The van der Waals surface area contributed by atoms with Crippen molar-refractivity contribution in [3.8, 4) is 0 Å². The van der Waals surface area contributed by atoms with E-state index in [1.807, 2.05) is 0 Å². The molecule has 1 aromatic carbocycles. The van der Waals surface area contributed by atoms with E-state index in [1.165, 1.54) is 28.9 Å². The van der Waals surface area contributed by atoms with Gasteiger partial charge in [-0.15, -0.1) is 18.3 Å². The molecule has 1 aliphatic heterocycles. The van der Waals surface area contributed by atoms with Crippen LogP contribution in [0.25, 0.3) is 0 Å². The van der Waals surface area contributed by atoms with Crippen molar-refractivity contribution in [2.45, 2.75) is 17.6 Å². The number of amides is 2. The molecular weight excluding hydrogens is 409 g/mol. The molecule has 0 radical (unpaired) electrons. The summed E-state index contributed by atoms with van der Waals surface area (Å²) in [5, 5.41) is 6.36. The molecule has 3 rings (SSSR count). The van der Waals surface area contributed by atoms with Gasteiger partial charge in [0.15, 0.2) is 0 Å². The van der Waals surface area contributed by atoms with Crippen molar-refractivity contribution in [1.82, 2.24) is 9.78 Å². The second-order valence-corrected chi connectivity index (χ2v) is 7.04. The van der Waals surface area contributed by atoms with Gasteiger partial charge in [0.05, 0.1) is 22.4 Å². The summed E-state index contributed by atoms with van der Waals surface area (Å²) in [7, 11) is 0. The van der Waals surface area contributed by atoms with Gasteiger partial charge in [-0.25, -0.2) is 4.68 Å². The predicted octanol–water partition coefficient (Wildman–Crippen LogP) is 2.53. The number of alkyl halides is 3. The molecule has 2 aromatic rings. The Morgan fingerprint density at radius 1 is 1.28 bits per heavy atom. The smallest absolute Gasteiger partial charge is 0.324 e. The minimum absolute atomic E-state index is 0.128. The summed E-state index contributed by atoms with van der Waals surface area (Å²) in [5.74, 6) is -0.740. The second-order valence-electron chi connectivity index (χ2n) is 6.03. The molecule has 152 valence electrons. The maximum Gasteiger partial charge on any atom is 0.416 e. The van der Waals surface area contributed by atoms with Crippen LogP contribution in [0.4, 0.5) is 24.5 Å². The monoisotopic (exact) mass is 424 g/mol. The molecule has 0 saturated heterocycles. The number of hydrogen-bond donors (Lipinski definition) is 1. The van der Waals surface area contributed by atoms with Crippen LogP contribution in [0.15, 0.2) is 52.8 Å². The van der Waals surface area contributed by atoms with E-state index in [4.69, 9.17) is 0 Å². The van der Waals surface area contributed by atoms with Crippen LogP contribution in [0.1, 0.15) is 5.56 Å². The maximum absolute atomic E-state index is 12.7. The van der Waals surface area contributed by atoms with Crippen LogP contribution in [-0.4, -0.2) is 33.9 Å². The number of fused-ring (bicyclic) bond motifs is 1. The number of carbonyl (C=O) groups excluding carboxylic acids is 2. The zero-order valence-electron chi connectivity index (χ0n) is 14.9. The third-order valence-electron chi connectivity index (χ3n) is 4.01. The van der Waals surface area contributed by atoms with Crippen LogP contribution < -0.4 is 15.8 Å². The van der Waals surface area contributed by atoms with Gasteiger partial charge < -0.3 is 10.2 Å². The fraction of sp³-hybridized carbons (Fsp3) is 0.222. The summed E-state index contributed by atoms with van der Waals surface area (Å²) in [6, 6.07) is 3.92. The van der Waals surface area contributed by atoms with Crippen LogP contribution in [0.3, 0.4) is 0 Å². The Labute approximate surface area is 167 Å². The molecule has 0 fully saturated rings. The zero-order chi connectivity index (χ0) is 21.2. The van der Waals surface area contributed by atoms with Crippen molar-refractivity contribution in [2.75, 3.05) is 22.5 Å².